The first kappa shape index (κ1) is 29.5. The SMILES string of the molecule is CN1CCC[C@@H]1COCc1cc2c(c(C(F)(F)F)c1)CN(c1cc(-c3ccc(F)cc3-c3nncn3C)cc(C3CC3)n1)C2=O. The van der Waals surface area contributed by atoms with Crippen molar-refractivity contribution in [1.29, 1.82) is 0 Å². The standard InChI is InChI=1S/C33H32F4N6O2/c1-41-9-3-4-23(41)17-45-16-19-10-26-27(28(11-19)33(35,36)37)15-43(32(26)44)30-13-21(12-29(39-30)20-5-6-20)24-8-7-22(34)14-25(24)31-40-38-18-42(31)2/h7-8,10-14,18,20,23H,3-6,9,15-17H2,1-2H3/t23-/m1/s1. The molecule has 0 radical (unpaired) electrons. The molecule has 1 aliphatic carbocycles. The number of ether oxygens (including phenoxy) is 1. The molecule has 7 rings (SSSR count). The first-order valence-electron chi connectivity index (χ1n) is 15.1. The molecule has 8 nitrogen and oxygen atoms in total. The number of amides is 1. The summed E-state index contributed by atoms with van der Waals surface area (Å²) < 4.78 is 65.1. The monoisotopic (exact) mass is 620 g/mol. The second-order valence-corrected chi connectivity index (χ2v) is 12.2. The fourth-order valence-electron chi connectivity index (χ4n) is 6.39. The third kappa shape index (κ3) is 5.72. The zero-order valence-electron chi connectivity index (χ0n) is 24.9. The predicted octanol–water partition coefficient (Wildman–Crippen LogP) is 6.35. The Kier molecular flexibility index (Phi) is 7.44. The smallest absolute Gasteiger partial charge is 0.375 e. The minimum absolute atomic E-state index is 0.00291. The number of anilines is 1. The normalized spacial score (nSPS) is 18.7. The molecule has 234 valence electrons. The molecule has 12 heteroatoms. The van der Waals surface area contributed by atoms with Crippen LogP contribution in [0.15, 0.2) is 48.8 Å². The van der Waals surface area contributed by atoms with Gasteiger partial charge in [0.1, 0.15) is 18.0 Å². The Hall–Kier alpha value is -4.16. The van der Waals surface area contributed by atoms with Crippen molar-refractivity contribution in [2.75, 3.05) is 25.1 Å². The van der Waals surface area contributed by atoms with Crippen LogP contribution in [0.25, 0.3) is 22.5 Å². The second-order valence-electron chi connectivity index (χ2n) is 12.2. The van der Waals surface area contributed by atoms with Crippen LogP contribution in [0.5, 0.6) is 0 Å². The number of likely N-dealkylation sites (tertiary alicyclic amines) is 1. The van der Waals surface area contributed by atoms with E-state index in [0.29, 0.717) is 34.7 Å². The highest BCUT2D eigenvalue weighted by atomic mass is 19.4. The number of aromatic nitrogens is 4. The van der Waals surface area contributed by atoms with E-state index in [2.05, 4.69) is 15.1 Å². The molecule has 2 fully saturated rings. The van der Waals surface area contributed by atoms with Gasteiger partial charge in [0.2, 0.25) is 0 Å². The molecular weight excluding hydrogens is 588 g/mol. The van der Waals surface area contributed by atoms with E-state index < -0.39 is 23.5 Å². The summed E-state index contributed by atoms with van der Waals surface area (Å²) in [5.74, 6) is -0.125. The van der Waals surface area contributed by atoms with Gasteiger partial charge in [-0.25, -0.2) is 9.37 Å². The molecule has 45 heavy (non-hydrogen) atoms. The van der Waals surface area contributed by atoms with Crippen molar-refractivity contribution in [3.63, 3.8) is 0 Å². The molecule has 0 spiro atoms. The van der Waals surface area contributed by atoms with Crippen LogP contribution < -0.4 is 4.90 Å². The first-order chi connectivity index (χ1) is 21.6. The fourth-order valence-corrected chi connectivity index (χ4v) is 6.39. The Balaban J connectivity index is 1.25. The van der Waals surface area contributed by atoms with Gasteiger partial charge in [-0.3, -0.25) is 9.69 Å². The van der Waals surface area contributed by atoms with E-state index in [1.54, 1.807) is 23.7 Å². The molecule has 1 amide bonds. The van der Waals surface area contributed by atoms with Crippen LogP contribution in [0.3, 0.4) is 0 Å². The van der Waals surface area contributed by atoms with E-state index in [-0.39, 0.29) is 42.1 Å². The summed E-state index contributed by atoms with van der Waals surface area (Å²) >= 11 is 0. The lowest BCUT2D eigenvalue weighted by molar-refractivity contribution is -0.138. The lowest BCUT2D eigenvalue weighted by Gasteiger charge is -2.19. The number of hydrogen-bond acceptors (Lipinski definition) is 6. The predicted molar refractivity (Wildman–Crippen MR) is 159 cm³/mol. The van der Waals surface area contributed by atoms with Gasteiger partial charge in [0.25, 0.3) is 5.91 Å². The quantitative estimate of drug-likeness (QED) is 0.214. The van der Waals surface area contributed by atoms with Crippen LogP contribution in [-0.2, 0) is 31.1 Å². The Morgan fingerprint density at radius 1 is 1.00 bits per heavy atom. The molecule has 4 heterocycles. The summed E-state index contributed by atoms with van der Waals surface area (Å²) in [6.07, 6.45) is 0.739. The fraction of sp³-hybridized carbons (Fsp3) is 0.394. The molecule has 1 atom stereocenters. The van der Waals surface area contributed by atoms with E-state index in [1.165, 1.54) is 29.4 Å². The van der Waals surface area contributed by atoms with Gasteiger partial charge in [0.15, 0.2) is 5.82 Å². The minimum atomic E-state index is -4.66. The number of fused-ring (bicyclic) bond motifs is 1. The second kappa shape index (κ2) is 11.3. The van der Waals surface area contributed by atoms with Crippen LogP contribution in [0.2, 0.25) is 0 Å². The van der Waals surface area contributed by atoms with Crippen molar-refractivity contribution in [1.82, 2.24) is 24.6 Å². The molecule has 0 unspecified atom stereocenters. The summed E-state index contributed by atoms with van der Waals surface area (Å²) in [6.45, 7) is 1.09. The zero-order valence-corrected chi connectivity index (χ0v) is 24.9. The number of rotatable bonds is 8. The molecule has 0 bridgehead atoms. The van der Waals surface area contributed by atoms with E-state index in [4.69, 9.17) is 9.72 Å². The number of nitrogens with zero attached hydrogens (tertiary/aromatic N) is 6. The van der Waals surface area contributed by atoms with E-state index in [9.17, 15) is 22.4 Å². The highest BCUT2D eigenvalue weighted by molar-refractivity contribution is 6.10. The first-order valence-corrected chi connectivity index (χ1v) is 15.1. The van der Waals surface area contributed by atoms with Crippen LogP contribution in [0.1, 0.15) is 64.3 Å². The molecular formula is C33H32F4N6O2. The summed E-state index contributed by atoms with van der Waals surface area (Å²) in [4.78, 5) is 22.1. The molecule has 1 saturated heterocycles. The molecule has 0 N–H and O–H groups in total. The summed E-state index contributed by atoms with van der Waals surface area (Å²) in [5, 5.41) is 8.09. The molecule has 2 aromatic heterocycles. The maximum absolute atomic E-state index is 14.4. The van der Waals surface area contributed by atoms with E-state index >= 15 is 0 Å². The number of hydrogen-bond donors (Lipinski definition) is 0. The van der Waals surface area contributed by atoms with Gasteiger partial charge in [-0.05, 0) is 97.9 Å². The van der Waals surface area contributed by atoms with Crippen molar-refractivity contribution < 1.29 is 27.1 Å². The Bertz CT molecular complexity index is 1780. The largest absolute Gasteiger partial charge is 0.416 e. The average Bonchev–Trinajstić information content (AvgIpc) is 3.52. The van der Waals surface area contributed by atoms with Gasteiger partial charge in [0.05, 0.1) is 25.3 Å². The zero-order chi connectivity index (χ0) is 31.5. The third-order valence-electron chi connectivity index (χ3n) is 9.01. The van der Waals surface area contributed by atoms with Gasteiger partial charge >= 0.3 is 6.18 Å². The minimum Gasteiger partial charge on any atom is -0.375 e. The van der Waals surface area contributed by atoms with Crippen molar-refractivity contribution >= 4 is 11.7 Å². The maximum Gasteiger partial charge on any atom is 0.416 e. The topological polar surface area (TPSA) is 76.4 Å². The highest BCUT2D eigenvalue weighted by Crippen LogP contribution is 2.44. The average molecular weight is 621 g/mol. The number of benzene rings is 2. The van der Waals surface area contributed by atoms with Crippen molar-refractivity contribution in [2.45, 2.75) is 57.0 Å². The van der Waals surface area contributed by atoms with Crippen LogP contribution in [0.4, 0.5) is 23.4 Å². The van der Waals surface area contributed by atoms with Crippen molar-refractivity contribution in [3.8, 4) is 22.5 Å². The summed E-state index contributed by atoms with van der Waals surface area (Å²) in [5.41, 5.74) is 1.93. The molecule has 1 saturated carbocycles. The van der Waals surface area contributed by atoms with Gasteiger partial charge in [0, 0.05) is 35.8 Å². The Labute approximate surface area is 257 Å². The third-order valence-corrected chi connectivity index (χ3v) is 9.01. The molecule has 2 aromatic carbocycles. The summed E-state index contributed by atoms with van der Waals surface area (Å²) in [7, 11) is 3.76. The highest BCUT2D eigenvalue weighted by Gasteiger charge is 2.41. The molecule has 4 aromatic rings. The van der Waals surface area contributed by atoms with E-state index in [0.717, 1.165) is 44.0 Å². The van der Waals surface area contributed by atoms with Gasteiger partial charge < -0.3 is 14.2 Å². The lowest BCUT2D eigenvalue weighted by atomic mass is 9.98. The lowest BCUT2D eigenvalue weighted by Crippen LogP contribution is -2.29. The van der Waals surface area contributed by atoms with Gasteiger partial charge in [-0.2, -0.15) is 13.2 Å². The number of pyridine rings is 1. The number of aryl methyl sites for hydroxylation is 1. The van der Waals surface area contributed by atoms with Crippen LogP contribution in [-0.4, -0.2) is 56.8 Å². The Morgan fingerprint density at radius 3 is 2.51 bits per heavy atom. The van der Waals surface area contributed by atoms with Gasteiger partial charge in [-0.15, -0.1) is 10.2 Å². The number of alkyl halides is 3. The molecule has 2 aliphatic heterocycles. The number of likely N-dealkylation sites (N-methyl/N-ethyl adjacent to an activating group) is 1. The van der Waals surface area contributed by atoms with Gasteiger partial charge in [-0.1, -0.05) is 6.07 Å². The van der Waals surface area contributed by atoms with E-state index in [1.807, 2.05) is 13.1 Å². The maximum atomic E-state index is 14.4. The van der Waals surface area contributed by atoms with Crippen molar-refractivity contribution in [2.24, 2.45) is 7.05 Å². The summed E-state index contributed by atoms with van der Waals surface area (Å²) in [6, 6.07) is 10.8. The number of halogens is 4. The molecule has 3 aliphatic rings. The number of carbonyl (C=O) groups is 1. The van der Waals surface area contributed by atoms with Crippen LogP contribution in [0, 0.1) is 5.82 Å². The van der Waals surface area contributed by atoms with Crippen LogP contribution >= 0.6 is 0 Å². The number of carbonyl (C=O) groups excluding carboxylic acids is 1. The van der Waals surface area contributed by atoms with Crippen molar-refractivity contribution in [3.05, 3.63) is 82.6 Å². The Morgan fingerprint density at radius 2 is 1.82 bits per heavy atom.